The minimum absolute atomic E-state index is 0.0264. The van der Waals surface area contributed by atoms with E-state index >= 15 is 0 Å². The molecule has 0 bridgehead atoms. The van der Waals surface area contributed by atoms with E-state index in [9.17, 15) is 14.0 Å². The Hall–Kier alpha value is -1.91. The molecule has 1 aromatic rings. The van der Waals surface area contributed by atoms with Crippen LogP contribution in [0.5, 0.6) is 0 Å². The third kappa shape index (κ3) is 2.00. The molecule has 0 saturated carbocycles. The van der Waals surface area contributed by atoms with E-state index in [-0.39, 0.29) is 24.6 Å². The number of carboxylic acids is 1. The molecule has 0 saturated heterocycles. The number of nitrogens with zero attached hydrogens (tertiary/aromatic N) is 1. The maximum absolute atomic E-state index is 13.7. The summed E-state index contributed by atoms with van der Waals surface area (Å²) >= 11 is 0. The first-order valence-corrected chi connectivity index (χ1v) is 5.29. The molecule has 1 aliphatic rings. The first kappa shape index (κ1) is 11.6. The van der Waals surface area contributed by atoms with Crippen LogP contribution in [-0.2, 0) is 16.0 Å². The highest BCUT2D eigenvalue weighted by Crippen LogP contribution is 2.32. The predicted octanol–water partition coefficient (Wildman–Crippen LogP) is 1.44. The number of carbonyl (C=O) groups excluding carboxylic acids is 1. The van der Waals surface area contributed by atoms with Crippen LogP contribution in [0.2, 0.25) is 0 Å². The van der Waals surface area contributed by atoms with Crippen LogP contribution in [-0.4, -0.2) is 23.5 Å². The van der Waals surface area contributed by atoms with Gasteiger partial charge in [-0.25, -0.2) is 4.39 Å². The summed E-state index contributed by atoms with van der Waals surface area (Å²) in [5.74, 6) is -2.47. The Labute approximate surface area is 97.7 Å². The number of para-hydroxylation sites is 1. The van der Waals surface area contributed by atoms with Crippen LogP contribution in [0, 0.1) is 11.7 Å². The molecule has 1 unspecified atom stereocenters. The largest absolute Gasteiger partial charge is 0.481 e. The summed E-state index contributed by atoms with van der Waals surface area (Å²) in [6.07, 6.45) is 0.256. The molecule has 1 atom stereocenters. The minimum atomic E-state index is -0.967. The fourth-order valence-corrected chi connectivity index (χ4v) is 2.12. The third-order valence-electron chi connectivity index (χ3n) is 2.94. The van der Waals surface area contributed by atoms with Crippen molar-refractivity contribution in [3.8, 4) is 0 Å². The zero-order valence-corrected chi connectivity index (χ0v) is 9.31. The van der Waals surface area contributed by atoms with Crippen LogP contribution >= 0.6 is 0 Å². The van der Waals surface area contributed by atoms with Crippen LogP contribution in [0.15, 0.2) is 18.2 Å². The van der Waals surface area contributed by atoms with E-state index in [1.165, 1.54) is 24.0 Å². The topological polar surface area (TPSA) is 57.6 Å². The molecule has 0 aliphatic carbocycles. The van der Waals surface area contributed by atoms with Crippen molar-refractivity contribution in [3.63, 3.8) is 0 Å². The fourth-order valence-electron chi connectivity index (χ4n) is 2.12. The molecule has 1 N–H and O–H groups in total. The molecule has 0 fully saturated rings. The maximum atomic E-state index is 13.7. The first-order valence-electron chi connectivity index (χ1n) is 5.29. The van der Waals surface area contributed by atoms with Gasteiger partial charge < -0.3 is 10.0 Å². The van der Waals surface area contributed by atoms with Crippen molar-refractivity contribution in [2.75, 3.05) is 11.4 Å². The second-order valence-corrected chi connectivity index (χ2v) is 4.12. The van der Waals surface area contributed by atoms with Crippen LogP contribution in [0.1, 0.15) is 12.5 Å². The van der Waals surface area contributed by atoms with Crippen LogP contribution in [0.4, 0.5) is 10.1 Å². The van der Waals surface area contributed by atoms with Gasteiger partial charge in [-0.2, -0.15) is 0 Å². The summed E-state index contributed by atoms with van der Waals surface area (Å²) in [6.45, 7) is 1.33. The van der Waals surface area contributed by atoms with Crippen molar-refractivity contribution in [1.29, 1.82) is 0 Å². The number of carbonyl (C=O) groups is 2. The van der Waals surface area contributed by atoms with Crippen molar-refractivity contribution in [2.24, 2.45) is 5.92 Å². The third-order valence-corrected chi connectivity index (χ3v) is 2.94. The van der Waals surface area contributed by atoms with Gasteiger partial charge in [-0.05, 0) is 18.1 Å². The van der Waals surface area contributed by atoms with Gasteiger partial charge in [0.1, 0.15) is 5.82 Å². The molecule has 1 heterocycles. The number of hydrogen-bond acceptors (Lipinski definition) is 2. The van der Waals surface area contributed by atoms with E-state index in [0.717, 1.165) is 0 Å². The lowest BCUT2D eigenvalue weighted by atomic mass is 9.92. The van der Waals surface area contributed by atoms with Crippen molar-refractivity contribution in [1.82, 2.24) is 0 Å². The number of rotatable bonds is 1. The predicted molar refractivity (Wildman–Crippen MR) is 59.3 cm³/mol. The standard InChI is InChI=1S/C12H12FNO3/c1-7(15)14-6-9(12(16)17)5-8-3-2-4-10(13)11(8)14/h2-4,9H,5-6H2,1H3,(H,16,17). The normalized spacial score (nSPS) is 18.7. The second-order valence-electron chi connectivity index (χ2n) is 4.12. The smallest absolute Gasteiger partial charge is 0.308 e. The summed E-state index contributed by atoms with van der Waals surface area (Å²) in [6, 6.07) is 4.45. The lowest BCUT2D eigenvalue weighted by Crippen LogP contribution is -2.42. The van der Waals surface area contributed by atoms with E-state index in [1.807, 2.05) is 0 Å². The Morgan fingerprint density at radius 3 is 2.76 bits per heavy atom. The molecular weight excluding hydrogens is 225 g/mol. The minimum Gasteiger partial charge on any atom is -0.481 e. The van der Waals surface area contributed by atoms with Crippen LogP contribution in [0.3, 0.4) is 0 Å². The molecule has 0 aromatic heterocycles. The lowest BCUT2D eigenvalue weighted by Gasteiger charge is -2.32. The fraction of sp³-hybridized carbons (Fsp3) is 0.333. The van der Waals surface area contributed by atoms with Crippen molar-refractivity contribution in [3.05, 3.63) is 29.6 Å². The van der Waals surface area contributed by atoms with Gasteiger partial charge in [-0.1, -0.05) is 12.1 Å². The zero-order valence-electron chi connectivity index (χ0n) is 9.31. The van der Waals surface area contributed by atoms with E-state index in [1.54, 1.807) is 6.07 Å². The summed E-state index contributed by atoms with van der Waals surface area (Å²) < 4.78 is 13.7. The Balaban J connectivity index is 2.49. The highest BCUT2D eigenvalue weighted by atomic mass is 19.1. The van der Waals surface area contributed by atoms with Gasteiger partial charge in [-0.15, -0.1) is 0 Å². The molecule has 5 heteroatoms. The number of anilines is 1. The van der Waals surface area contributed by atoms with E-state index in [0.29, 0.717) is 5.56 Å². The molecular formula is C12H12FNO3. The van der Waals surface area contributed by atoms with Crippen LogP contribution < -0.4 is 4.90 Å². The number of halogens is 1. The van der Waals surface area contributed by atoms with E-state index in [4.69, 9.17) is 5.11 Å². The number of hydrogen-bond donors (Lipinski definition) is 1. The van der Waals surface area contributed by atoms with Gasteiger partial charge in [0, 0.05) is 13.5 Å². The average Bonchev–Trinajstić information content (AvgIpc) is 2.27. The van der Waals surface area contributed by atoms with Gasteiger partial charge in [0.2, 0.25) is 5.91 Å². The van der Waals surface area contributed by atoms with E-state index < -0.39 is 17.7 Å². The molecule has 0 radical (unpaired) electrons. The molecule has 0 spiro atoms. The van der Waals surface area contributed by atoms with Gasteiger partial charge >= 0.3 is 5.97 Å². The number of fused-ring (bicyclic) bond motifs is 1. The summed E-state index contributed by atoms with van der Waals surface area (Å²) in [5.41, 5.74) is 0.788. The Kier molecular flexibility index (Phi) is 2.83. The Morgan fingerprint density at radius 2 is 2.18 bits per heavy atom. The molecule has 1 aromatic carbocycles. The lowest BCUT2D eigenvalue weighted by molar-refractivity contribution is -0.141. The monoisotopic (exact) mass is 237 g/mol. The second kappa shape index (κ2) is 4.16. The molecule has 1 aliphatic heterocycles. The molecule has 2 rings (SSSR count). The maximum Gasteiger partial charge on any atom is 0.308 e. The van der Waals surface area contributed by atoms with Crippen LogP contribution in [0.25, 0.3) is 0 Å². The Bertz CT molecular complexity index is 487. The van der Waals surface area contributed by atoms with E-state index in [2.05, 4.69) is 0 Å². The number of aliphatic carboxylic acids is 1. The quantitative estimate of drug-likeness (QED) is 0.804. The number of carboxylic acid groups (broad SMARTS) is 1. The summed E-state index contributed by atoms with van der Waals surface area (Å²) in [5, 5.41) is 9.00. The molecule has 17 heavy (non-hydrogen) atoms. The summed E-state index contributed by atoms with van der Waals surface area (Å²) in [4.78, 5) is 23.6. The Morgan fingerprint density at radius 1 is 1.47 bits per heavy atom. The number of benzene rings is 1. The highest BCUT2D eigenvalue weighted by molar-refractivity contribution is 5.94. The van der Waals surface area contributed by atoms with Crippen molar-refractivity contribution < 1.29 is 19.1 Å². The molecule has 1 amide bonds. The number of amides is 1. The van der Waals surface area contributed by atoms with Gasteiger partial charge in [-0.3, -0.25) is 9.59 Å². The average molecular weight is 237 g/mol. The highest BCUT2D eigenvalue weighted by Gasteiger charge is 2.32. The van der Waals surface area contributed by atoms with Gasteiger partial charge in [0.25, 0.3) is 0 Å². The first-order chi connectivity index (χ1) is 8.00. The molecule has 90 valence electrons. The zero-order chi connectivity index (χ0) is 12.6. The summed E-state index contributed by atoms with van der Waals surface area (Å²) in [7, 11) is 0. The SMILES string of the molecule is CC(=O)N1CC(C(=O)O)Cc2cccc(F)c21. The van der Waals surface area contributed by atoms with Crippen molar-refractivity contribution in [2.45, 2.75) is 13.3 Å². The van der Waals surface area contributed by atoms with Crippen molar-refractivity contribution >= 4 is 17.6 Å². The van der Waals surface area contributed by atoms with Gasteiger partial charge in [0.15, 0.2) is 0 Å². The van der Waals surface area contributed by atoms with Gasteiger partial charge in [0.05, 0.1) is 11.6 Å². The molecule has 4 nitrogen and oxygen atoms in total.